The lowest BCUT2D eigenvalue weighted by molar-refractivity contribution is -0.384. The van der Waals surface area contributed by atoms with Gasteiger partial charge in [-0.25, -0.2) is 9.59 Å². The summed E-state index contributed by atoms with van der Waals surface area (Å²) in [5, 5.41) is 14.6. The number of ether oxygens (including phenoxy) is 2. The predicted molar refractivity (Wildman–Crippen MR) is 177 cm³/mol. The zero-order valence-corrected chi connectivity index (χ0v) is 26.9. The van der Waals surface area contributed by atoms with Gasteiger partial charge in [0.1, 0.15) is 6.61 Å². The zero-order valence-electron chi connectivity index (χ0n) is 26.9. The van der Waals surface area contributed by atoms with Crippen molar-refractivity contribution < 1.29 is 24.0 Å². The second-order valence-corrected chi connectivity index (χ2v) is 11.4. The summed E-state index contributed by atoms with van der Waals surface area (Å²) >= 11 is 0. The predicted octanol–water partition coefficient (Wildman–Crippen LogP) is 5.96. The average molecular weight is 625 g/mol. The number of nitro groups is 1. The summed E-state index contributed by atoms with van der Waals surface area (Å²) in [6, 6.07) is 18.4. The number of rotatable bonds is 13. The Kier molecular flexibility index (Phi) is 11.6. The van der Waals surface area contributed by atoms with Crippen LogP contribution in [0.5, 0.6) is 0 Å². The molecule has 1 aromatic heterocycles. The van der Waals surface area contributed by atoms with Gasteiger partial charge in [0.2, 0.25) is 0 Å². The van der Waals surface area contributed by atoms with Crippen molar-refractivity contribution in [3.63, 3.8) is 0 Å². The molecule has 1 aliphatic rings. The Bertz CT molecular complexity index is 1660. The number of pyridine rings is 1. The standard InChI is InChI=1S/C36H40N4O6/c1-6-45-35(41)32-25(3)38-26(4)33(34(32)30-10-7-11-31(21-30)40(43)44)36(42)46-18-17-39(5)23-24(2)19-27-12-14-28(15-13-27)20-29-9-8-16-37-22-29/h7-16,19,21-22,34,38H,6,17-18,20,23H2,1-5H3/b24-19+. The molecule has 1 N–H and O–H groups in total. The number of nitrogens with zero attached hydrogens (tertiary/aromatic N) is 3. The van der Waals surface area contributed by atoms with Crippen LogP contribution in [0.25, 0.3) is 6.08 Å². The third kappa shape index (κ3) is 8.76. The van der Waals surface area contributed by atoms with Gasteiger partial charge >= 0.3 is 11.9 Å². The van der Waals surface area contributed by atoms with Gasteiger partial charge in [-0.2, -0.15) is 0 Å². The Morgan fingerprint density at radius 2 is 1.70 bits per heavy atom. The largest absolute Gasteiger partial charge is 0.463 e. The van der Waals surface area contributed by atoms with E-state index in [1.807, 2.05) is 19.3 Å². The van der Waals surface area contributed by atoms with E-state index < -0.39 is 22.8 Å². The first-order chi connectivity index (χ1) is 22.1. The first-order valence-corrected chi connectivity index (χ1v) is 15.2. The van der Waals surface area contributed by atoms with E-state index >= 15 is 0 Å². The molecule has 240 valence electrons. The number of hydrogen-bond acceptors (Lipinski definition) is 9. The molecule has 3 aromatic rings. The molecule has 4 rings (SSSR count). The van der Waals surface area contributed by atoms with Gasteiger partial charge in [0.25, 0.3) is 5.69 Å². The van der Waals surface area contributed by atoms with Gasteiger partial charge in [0.05, 0.1) is 28.6 Å². The number of hydrogen-bond donors (Lipinski definition) is 1. The number of esters is 2. The number of dihydropyridines is 1. The number of nitrogens with one attached hydrogen (secondary N) is 1. The molecule has 10 heteroatoms. The van der Waals surface area contributed by atoms with Crippen molar-refractivity contribution in [2.24, 2.45) is 0 Å². The van der Waals surface area contributed by atoms with Crippen LogP contribution in [0.1, 0.15) is 55.9 Å². The van der Waals surface area contributed by atoms with E-state index in [1.54, 1.807) is 33.0 Å². The van der Waals surface area contributed by atoms with Crippen LogP contribution in [0.15, 0.2) is 101 Å². The number of aromatic nitrogens is 1. The topological polar surface area (TPSA) is 124 Å². The van der Waals surface area contributed by atoms with Crippen molar-refractivity contribution in [2.45, 2.75) is 40.0 Å². The molecule has 2 aromatic carbocycles. The van der Waals surface area contributed by atoms with Crippen LogP contribution in [-0.2, 0) is 25.5 Å². The number of benzene rings is 2. The van der Waals surface area contributed by atoms with E-state index in [0.717, 1.165) is 17.6 Å². The maximum Gasteiger partial charge on any atom is 0.336 e. The first-order valence-electron chi connectivity index (χ1n) is 15.2. The molecule has 2 heterocycles. The molecular formula is C36H40N4O6. The number of carbonyl (C=O) groups excluding carboxylic acids is 2. The third-order valence-corrected chi connectivity index (χ3v) is 7.64. The van der Waals surface area contributed by atoms with Gasteiger partial charge in [-0.3, -0.25) is 20.0 Å². The lowest BCUT2D eigenvalue weighted by Gasteiger charge is -2.30. The van der Waals surface area contributed by atoms with Gasteiger partial charge in [0.15, 0.2) is 0 Å². The summed E-state index contributed by atoms with van der Waals surface area (Å²) in [6.07, 6.45) is 6.61. The summed E-state index contributed by atoms with van der Waals surface area (Å²) in [7, 11) is 1.95. The van der Waals surface area contributed by atoms with Gasteiger partial charge in [0, 0.05) is 49.0 Å². The number of carbonyl (C=O) groups is 2. The molecule has 1 atom stereocenters. The minimum atomic E-state index is -0.897. The molecule has 1 aliphatic heterocycles. The quantitative estimate of drug-likeness (QED) is 0.139. The fraction of sp³-hybridized carbons (Fsp3) is 0.306. The van der Waals surface area contributed by atoms with Crippen molar-refractivity contribution in [1.29, 1.82) is 0 Å². The second kappa shape index (κ2) is 15.8. The van der Waals surface area contributed by atoms with E-state index in [0.29, 0.717) is 30.0 Å². The summed E-state index contributed by atoms with van der Waals surface area (Å²) in [4.78, 5) is 43.9. The minimum Gasteiger partial charge on any atom is -0.463 e. The van der Waals surface area contributed by atoms with Gasteiger partial charge in [-0.05, 0) is 69.5 Å². The van der Waals surface area contributed by atoms with Gasteiger partial charge < -0.3 is 14.8 Å². The van der Waals surface area contributed by atoms with Crippen LogP contribution < -0.4 is 5.32 Å². The van der Waals surface area contributed by atoms with Crippen molar-refractivity contribution in [3.8, 4) is 0 Å². The van der Waals surface area contributed by atoms with Crippen LogP contribution in [-0.4, -0.2) is 60.1 Å². The van der Waals surface area contributed by atoms with Crippen molar-refractivity contribution >= 4 is 23.7 Å². The van der Waals surface area contributed by atoms with Crippen molar-refractivity contribution in [1.82, 2.24) is 15.2 Å². The smallest absolute Gasteiger partial charge is 0.336 e. The molecule has 0 aliphatic carbocycles. The molecule has 0 radical (unpaired) electrons. The summed E-state index contributed by atoms with van der Waals surface area (Å²) in [6.45, 7) is 8.58. The maximum absolute atomic E-state index is 13.6. The fourth-order valence-electron chi connectivity index (χ4n) is 5.57. The Morgan fingerprint density at radius 3 is 2.33 bits per heavy atom. The summed E-state index contributed by atoms with van der Waals surface area (Å²) in [5.74, 6) is -2.11. The van der Waals surface area contributed by atoms with Gasteiger partial charge in [-0.1, -0.05) is 54.1 Å². The highest BCUT2D eigenvalue weighted by Gasteiger charge is 2.38. The minimum absolute atomic E-state index is 0.113. The molecule has 0 saturated heterocycles. The number of allylic oxidation sites excluding steroid dienone is 2. The van der Waals surface area contributed by atoms with Crippen LogP contribution in [0.2, 0.25) is 0 Å². The molecule has 10 nitrogen and oxygen atoms in total. The van der Waals surface area contributed by atoms with Crippen LogP contribution in [0.3, 0.4) is 0 Å². The molecule has 0 amide bonds. The summed E-state index contributed by atoms with van der Waals surface area (Å²) in [5.41, 5.74) is 6.35. The second-order valence-electron chi connectivity index (χ2n) is 11.4. The average Bonchev–Trinajstić information content (AvgIpc) is 3.02. The van der Waals surface area contributed by atoms with Crippen LogP contribution in [0.4, 0.5) is 5.69 Å². The van der Waals surface area contributed by atoms with E-state index in [-0.39, 0.29) is 30.0 Å². The Morgan fingerprint density at radius 1 is 1.00 bits per heavy atom. The fourth-order valence-corrected chi connectivity index (χ4v) is 5.57. The SMILES string of the molecule is CCOC(=O)C1=C(C)NC(C)=C(C(=O)OCCN(C)C/C(C)=C/c2ccc(Cc3cccnc3)cc2)C1c1cccc([N+](=O)[O-])c1. The molecule has 1 unspecified atom stereocenters. The van der Waals surface area contributed by atoms with Gasteiger partial charge in [-0.15, -0.1) is 0 Å². The van der Waals surface area contributed by atoms with Crippen LogP contribution in [0, 0.1) is 10.1 Å². The number of nitro benzene ring substituents is 1. The molecular weight excluding hydrogens is 584 g/mol. The van der Waals surface area contributed by atoms with E-state index in [9.17, 15) is 19.7 Å². The third-order valence-electron chi connectivity index (χ3n) is 7.64. The van der Waals surface area contributed by atoms with E-state index in [1.165, 1.54) is 29.3 Å². The van der Waals surface area contributed by atoms with Crippen molar-refractivity contribution in [3.05, 3.63) is 134 Å². The highest BCUT2D eigenvalue weighted by atomic mass is 16.6. The molecule has 46 heavy (non-hydrogen) atoms. The normalized spacial score (nSPS) is 15.1. The van der Waals surface area contributed by atoms with E-state index in [2.05, 4.69) is 58.5 Å². The molecule has 0 spiro atoms. The Hall–Kier alpha value is -5.09. The molecule has 0 fully saturated rings. The highest BCUT2D eigenvalue weighted by Crippen LogP contribution is 2.40. The first kappa shape index (κ1) is 33.8. The Balaban J connectivity index is 1.40. The number of non-ortho nitro benzene ring substituents is 1. The summed E-state index contributed by atoms with van der Waals surface area (Å²) < 4.78 is 11.0. The molecule has 0 saturated carbocycles. The zero-order chi connectivity index (χ0) is 33.2. The lowest BCUT2D eigenvalue weighted by Crippen LogP contribution is -2.33. The Labute approximate surface area is 269 Å². The molecule has 0 bridgehead atoms. The van der Waals surface area contributed by atoms with Crippen molar-refractivity contribution in [2.75, 3.05) is 33.4 Å². The maximum atomic E-state index is 13.6. The lowest BCUT2D eigenvalue weighted by atomic mass is 9.80. The number of likely N-dealkylation sites (N-methyl/N-ethyl adjacent to an activating group) is 1. The van der Waals surface area contributed by atoms with Crippen LogP contribution >= 0.6 is 0 Å². The highest BCUT2D eigenvalue weighted by molar-refractivity contribution is 6.00. The monoisotopic (exact) mass is 624 g/mol. The van der Waals surface area contributed by atoms with E-state index in [4.69, 9.17) is 9.47 Å².